The monoisotopic (exact) mass is 170 g/mol. The third-order valence-electron chi connectivity index (χ3n) is 2.08. The lowest BCUT2D eigenvalue weighted by Crippen LogP contribution is -2.08. The normalized spacial score (nSPS) is 12.6. The Bertz CT molecular complexity index is 161. The van der Waals surface area contributed by atoms with Gasteiger partial charge in [-0.15, -0.1) is 0 Å². The van der Waals surface area contributed by atoms with Gasteiger partial charge in [0.15, 0.2) is 0 Å². The van der Waals surface area contributed by atoms with Crippen molar-refractivity contribution in [1.82, 2.24) is 0 Å². The summed E-state index contributed by atoms with van der Waals surface area (Å²) in [5.41, 5.74) is 0. The fourth-order valence-electron chi connectivity index (χ4n) is 0.985. The summed E-state index contributed by atoms with van der Waals surface area (Å²) in [7, 11) is 0. The first-order chi connectivity index (χ1) is 5.57. The molecule has 0 amide bonds. The van der Waals surface area contributed by atoms with Crippen LogP contribution in [0.25, 0.3) is 0 Å². The number of rotatable bonds is 6. The van der Waals surface area contributed by atoms with E-state index in [1.54, 1.807) is 6.92 Å². The number of carbonyl (C=O) groups excluding carboxylic acids is 2. The first kappa shape index (κ1) is 11.3. The van der Waals surface area contributed by atoms with E-state index in [9.17, 15) is 9.59 Å². The molecular weight excluding hydrogens is 152 g/mol. The Labute approximate surface area is 74.3 Å². The molecule has 0 fully saturated rings. The van der Waals surface area contributed by atoms with Crippen LogP contribution in [0.2, 0.25) is 0 Å². The smallest absolute Gasteiger partial charge is 0.132 e. The Kier molecular flexibility index (Phi) is 5.60. The van der Waals surface area contributed by atoms with E-state index in [4.69, 9.17) is 0 Å². The van der Waals surface area contributed by atoms with Gasteiger partial charge in [0.05, 0.1) is 0 Å². The van der Waals surface area contributed by atoms with Gasteiger partial charge in [-0.25, -0.2) is 0 Å². The summed E-state index contributed by atoms with van der Waals surface area (Å²) in [6.45, 7) is 5.45. The number of carbonyl (C=O) groups is 2. The minimum absolute atomic E-state index is 0.0470. The van der Waals surface area contributed by atoms with Crippen molar-refractivity contribution < 1.29 is 9.59 Å². The van der Waals surface area contributed by atoms with Gasteiger partial charge in [-0.3, -0.25) is 9.59 Å². The second kappa shape index (κ2) is 5.92. The van der Waals surface area contributed by atoms with Crippen LogP contribution >= 0.6 is 0 Å². The zero-order valence-corrected chi connectivity index (χ0v) is 8.22. The van der Waals surface area contributed by atoms with Crippen molar-refractivity contribution in [3.63, 3.8) is 0 Å². The van der Waals surface area contributed by atoms with E-state index in [1.807, 2.05) is 13.8 Å². The van der Waals surface area contributed by atoms with Crippen molar-refractivity contribution >= 4 is 11.6 Å². The SMILES string of the molecule is CCCC(=O)CCC(C)C(C)=O. The quantitative estimate of drug-likeness (QED) is 0.613. The van der Waals surface area contributed by atoms with Crippen molar-refractivity contribution in [2.75, 3.05) is 0 Å². The van der Waals surface area contributed by atoms with Crippen molar-refractivity contribution in [2.45, 2.75) is 46.5 Å². The Hall–Kier alpha value is -0.660. The van der Waals surface area contributed by atoms with Gasteiger partial charge < -0.3 is 0 Å². The number of Topliss-reactive ketones (excluding diaryl/α,β-unsaturated/α-hetero) is 2. The van der Waals surface area contributed by atoms with Crippen molar-refractivity contribution in [3.8, 4) is 0 Å². The topological polar surface area (TPSA) is 34.1 Å². The predicted molar refractivity (Wildman–Crippen MR) is 49.0 cm³/mol. The van der Waals surface area contributed by atoms with Crippen LogP contribution < -0.4 is 0 Å². The summed E-state index contributed by atoms with van der Waals surface area (Å²) in [4.78, 5) is 21.9. The lowest BCUT2D eigenvalue weighted by molar-refractivity contribution is -0.121. The van der Waals surface area contributed by atoms with Gasteiger partial charge in [0.25, 0.3) is 0 Å². The van der Waals surface area contributed by atoms with Crippen molar-refractivity contribution in [3.05, 3.63) is 0 Å². The van der Waals surface area contributed by atoms with E-state index in [2.05, 4.69) is 0 Å². The Morgan fingerprint density at radius 1 is 1.25 bits per heavy atom. The Morgan fingerprint density at radius 3 is 2.25 bits per heavy atom. The maximum atomic E-state index is 11.1. The largest absolute Gasteiger partial charge is 0.300 e. The third kappa shape index (κ3) is 5.05. The maximum Gasteiger partial charge on any atom is 0.132 e. The standard InChI is InChI=1S/C10H18O2/c1-4-5-10(12)7-6-8(2)9(3)11/h8H,4-7H2,1-3H3. The van der Waals surface area contributed by atoms with E-state index >= 15 is 0 Å². The van der Waals surface area contributed by atoms with Crippen LogP contribution in [0.5, 0.6) is 0 Å². The maximum absolute atomic E-state index is 11.1. The molecule has 0 aliphatic carbocycles. The molecule has 2 nitrogen and oxygen atoms in total. The Balaban J connectivity index is 3.54. The fraction of sp³-hybridized carbons (Fsp3) is 0.800. The number of ketones is 2. The van der Waals surface area contributed by atoms with E-state index in [-0.39, 0.29) is 17.5 Å². The first-order valence-electron chi connectivity index (χ1n) is 4.60. The van der Waals surface area contributed by atoms with Crippen LogP contribution in [-0.4, -0.2) is 11.6 Å². The summed E-state index contributed by atoms with van der Waals surface area (Å²) in [5.74, 6) is 0.510. The molecule has 1 atom stereocenters. The molecular formula is C10H18O2. The highest BCUT2D eigenvalue weighted by atomic mass is 16.1. The lowest BCUT2D eigenvalue weighted by Gasteiger charge is -2.05. The predicted octanol–water partition coefficient (Wildman–Crippen LogP) is 2.36. The highest BCUT2D eigenvalue weighted by Crippen LogP contribution is 2.08. The van der Waals surface area contributed by atoms with Gasteiger partial charge in [-0.2, -0.15) is 0 Å². The van der Waals surface area contributed by atoms with Crippen LogP contribution in [0, 0.1) is 5.92 Å². The molecule has 0 spiro atoms. The summed E-state index contributed by atoms with van der Waals surface area (Å²) in [6, 6.07) is 0. The van der Waals surface area contributed by atoms with Crippen LogP contribution in [0.3, 0.4) is 0 Å². The summed E-state index contributed by atoms with van der Waals surface area (Å²) >= 11 is 0. The van der Waals surface area contributed by atoms with E-state index in [0.29, 0.717) is 19.3 Å². The average Bonchev–Trinajstić information content (AvgIpc) is 2.00. The molecule has 0 radical (unpaired) electrons. The molecule has 12 heavy (non-hydrogen) atoms. The summed E-state index contributed by atoms with van der Waals surface area (Å²) in [5, 5.41) is 0. The molecule has 0 aromatic carbocycles. The van der Waals surface area contributed by atoms with Crippen molar-refractivity contribution in [2.24, 2.45) is 5.92 Å². The zero-order valence-electron chi connectivity index (χ0n) is 8.22. The molecule has 70 valence electrons. The third-order valence-corrected chi connectivity index (χ3v) is 2.08. The highest BCUT2D eigenvalue weighted by Gasteiger charge is 2.09. The van der Waals surface area contributed by atoms with Gasteiger partial charge >= 0.3 is 0 Å². The van der Waals surface area contributed by atoms with Crippen LogP contribution in [0.15, 0.2) is 0 Å². The molecule has 0 aliphatic rings. The molecule has 0 saturated heterocycles. The van der Waals surface area contributed by atoms with Crippen molar-refractivity contribution in [1.29, 1.82) is 0 Å². The van der Waals surface area contributed by atoms with E-state index in [1.165, 1.54) is 0 Å². The molecule has 2 heteroatoms. The zero-order chi connectivity index (χ0) is 9.56. The van der Waals surface area contributed by atoms with Crippen LogP contribution in [0.1, 0.15) is 46.5 Å². The molecule has 0 rings (SSSR count). The Morgan fingerprint density at radius 2 is 1.83 bits per heavy atom. The molecule has 1 unspecified atom stereocenters. The highest BCUT2D eigenvalue weighted by molar-refractivity contribution is 5.81. The average molecular weight is 170 g/mol. The number of hydrogen-bond acceptors (Lipinski definition) is 2. The molecule has 0 aromatic rings. The second-order valence-electron chi connectivity index (χ2n) is 3.34. The van der Waals surface area contributed by atoms with E-state index < -0.39 is 0 Å². The minimum atomic E-state index is 0.0470. The lowest BCUT2D eigenvalue weighted by atomic mass is 9.99. The molecule has 0 aliphatic heterocycles. The molecule has 0 N–H and O–H groups in total. The van der Waals surface area contributed by atoms with Gasteiger partial charge in [-0.1, -0.05) is 13.8 Å². The minimum Gasteiger partial charge on any atom is -0.300 e. The molecule has 0 bridgehead atoms. The van der Waals surface area contributed by atoms with Gasteiger partial charge in [0, 0.05) is 18.8 Å². The number of hydrogen-bond donors (Lipinski definition) is 0. The second-order valence-corrected chi connectivity index (χ2v) is 3.34. The van der Waals surface area contributed by atoms with Gasteiger partial charge in [-0.05, 0) is 19.8 Å². The van der Waals surface area contributed by atoms with E-state index in [0.717, 1.165) is 6.42 Å². The fourth-order valence-corrected chi connectivity index (χ4v) is 0.985. The van der Waals surface area contributed by atoms with Crippen LogP contribution in [-0.2, 0) is 9.59 Å². The molecule has 0 heterocycles. The summed E-state index contributed by atoms with van der Waals surface area (Å²) < 4.78 is 0. The van der Waals surface area contributed by atoms with Gasteiger partial charge in [0.1, 0.15) is 11.6 Å². The molecule has 0 aromatic heterocycles. The summed E-state index contributed by atoms with van der Waals surface area (Å²) in [6.07, 6.45) is 2.85. The van der Waals surface area contributed by atoms with Crippen LogP contribution in [0.4, 0.5) is 0 Å². The van der Waals surface area contributed by atoms with Gasteiger partial charge in [0.2, 0.25) is 0 Å². The first-order valence-corrected chi connectivity index (χ1v) is 4.60. The molecule has 0 saturated carbocycles.